The number of hydrogen-bond acceptors (Lipinski definition) is 5. The van der Waals surface area contributed by atoms with Crippen LogP contribution in [0.5, 0.6) is 0 Å². The molecule has 3 fully saturated rings. The molecule has 0 radical (unpaired) electrons. The zero-order valence-electron chi connectivity index (χ0n) is 19.0. The van der Waals surface area contributed by atoms with Crippen LogP contribution in [0, 0.1) is 23.2 Å². The smallest absolute Gasteiger partial charge is 0.282 e. The van der Waals surface area contributed by atoms with Crippen LogP contribution in [0.3, 0.4) is 0 Å². The Hall–Kier alpha value is -2.55. The number of carbonyl (C=O) groups excluding carboxylic acids is 2. The van der Waals surface area contributed by atoms with E-state index in [0.29, 0.717) is 50.9 Å². The predicted octanol–water partition coefficient (Wildman–Crippen LogP) is 1.18. The number of nitrogens with zero attached hydrogens (tertiary/aromatic N) is 4. The number of hydrogen-bond donors (Lipinski definition) is 1. The molecule has 2 atom stereocenters. The number of rotatable bonds is 7. The van der Waals surface area contributed by atoms with Crippen LogP contribution in [-0.2, 0) is 33.0 Å². The summed E-state index contributed by atoms with van der Waals surface area (Å²) in [5, 5.41) is 11.8. The second-order valence-electron chi connectivity index (χ2n) is 9.21. The van der Waals surface area contributed by atoms with Crippen molar-refractivity contribution in [2.75, 3.05) is 32.7 Å². The Kier molecular flexibility index (Phi) is 7.50. The second-order valence-corrected chi connectivity index (χ2v) is 11.1. The van der Waals surface area contributed by atoms with E-state index in [2.05, 4.69) is 11.4 Å². The maximum absolute atomic E-state index is 13.3. The van der Waals surface area contributed by atoms with Gasteiger partial charge >= 0.3 is 0 Å². The average molecular weight is 492 g/mol. The van der Waals surface area contributed by atoms with E-state index >= 15 is 0 Å². The van der Waals surface area contributed by atoms with E-state index in [1.54, 1.807) is 29.2 Å². The summed E-state index contributed by atoms with van der Waals surface area (Å²) in [6, 6.07) is 8.38. The molecule has 3 aliphatic rings. The van der Waals surface area contributed by atoms with Gasteiger partial charge in [0.25, 0.3) is 10.2 Å². The molecule has 3 heterocycles. The molecule has 3 saturated heterocycles. The van der Waals surface area contributed by atoms with E-state index in [4.69, 9.17) is 5.26 Å². The van der Waals surface area contributed by atoms with Gasteiger partial charge < -0.3 is 10.2 Å². The fraction of sp³-hybridized carbons (Fsp3) is 0.609. The van der Waals surface area contributed by atoms with Crippen molar-refractivity contribution in [2.45, 2.75) is 44.9 Å². The van der Waals surface area contributed by atoms with Crippen molar-refractivity contribution in [3.8, 4) is 6.07 Å². The molecule has 0 aromatic heterocycles. The van der Waals surface area contributed by atoms with Crippen molar-refractivity contribution >= 4 is 22.0 Å². The summed E-state index contributed by atoms with van der Waals surface area (Å²) in [5.74, 6) is -1.17. The van der Waals surface area contributed by atoms with Crippen molar-refractivity contribution in [3.05, 3.63) is 35.4 Å². The van der Waals surface area contributed by atoms with Crippen LogP contribution in [0.2, 0.25) is 0 Å². The Morgan fingerprint density at radius 3 is 2.38 bits per heavy atom. The topological polar surface area (TPSA) is 114 Å². The molecule has 4 rings (SSSR count). The van der Waals surface area contributed by atoms with Gasteiger partial charge in [-0.05, 0) is 36.8 Å². The first-order valence-corrected chi connectivity index (χ1v) is 13.1. The molecule has 9 nitrogen and oxygen atoms in total. The lowest BCUT2D eigenvalue weighted by Gasteiger charge is -2.41. The third kappa shape index (κ3) is 5.09. The average Bonchev–Trinajstić information content (AvgIpc) is 3.32. The first-order chi connectivity index (χ1) is 16.3. The van der Waals surface area contributed by atoms with Crippen LogP contribution in [-0.4, -0.2) is 72.5 Å². The van der Waals surface area contributed by atoms with Crippen LogP contribution in [0.4, 0.5) is 4.39 Å². The van der Waals surface area contributed by atoms with Gasteiger partial charge in [0, 0.05) is 39.3 Å². The molecule has 184 valence electrons. The number of alkyl halides is 1. The normalized spacial score (nSPS) is 24.4. The molecule has 11 heteroatoms. The van der Waals surface area contributed by atoms with Gasteiger partial charge in [0.15, 0.2) is 0 Å². The molecule has 1 aromatic carbocycles. The van der Waals surface area contributed by atoms with E-state index in [0.717, 1.165) is 5.56 Å². The number of likely N-dealkylation sites (tertiary alicyclic amines) is 1. The lowest BCUT2D eigenvalue weighted by molar-refractivity contribution is -0.142. The molecular formula is C23H30FN5O4S. The van der Waals surface area contributed by atoms with Crippen molar-refractivity contribution in [1.29, 1.82) is 5.26 Å². The van der Waals surface area contributed by atoms with E-state index in [-0.39, 0.29) is 37.4 Å². The lowest BCUT2D eigenvalue weighted by atomic mass is 9.97. The molecule has 0 bridgehead atoms. The molecular weight excluding hydrogens is 461 g/mol. The zero-order valence-corrected chi connectivity index (χ0v) is 19.8. The number of halogens is 1. The fourth-order valence-electron chi connectivity index (χ4n) is 4.82. The molecule has 0 spiro atoms. The second kappa shape index (κ2) is 10.4. The quantitative estimate of drug-likeness (QED) is 0.615. The highest BCUT2D eigenvalue weighted by molar-refractivity contribution is 7.86. The number of amides is 2. The summed E-state index contributed by atoms with van der Waals surface area (Å²) in [6.45, 7) is 1.06. The number of benzene rings is 1. The van der Waals surface area contributed by atoms with Gasteiger partial charge in [-0.25, -0.2) is 4.39 Å². The van der Waals surface area contributed by atoms with E-state index in [1.807, 2.05) is 0 Å². The van der Waals surface area contributed by atoms with Crippen LogP contribution in [0.15, 0.2) is 24.3 Å². The highest BCUT2D eigenvalue weighted by atomic mass is 32.2. The van der Waals surface area contributed by atoms with Crippen molar-refractivity contribution < 1.29 is 22.4 Å². The first kappa shape index (κ1) is 24.6. The summed E-state index contributed by atoms with van der Waals surface area (Å²) in [6.07, 6.45) is 2.44. The third-order valence-electron chi connectivity index (χ3n) is 6.90. The summed E-state index contributed by atoms with van der Waals surface area (Å²) >= 11 is 0. The maximum atomic E-state index is 13.3. The minimum Gasteiger partial charge on any atom is -0.350 e. The molecule has 0 aliphatic carbocycles. The Morgan fingerprint density at radius 1 is 1.03 bits per heavy atom. The molecule has 1 N–H and O–H groups in total. The Balaban J connectivity index is 1.34. The van der Waals surface area contributed by atoms with Crippen molar-refractivity contribution in [3.63, 3.8) is 0 Å². The van der Waals surface area contributed by atoms with Gasteiger partial charge in [-0.2, -0.15) is 22.3 Å². The molecule has 2 amide bonds. The number of carbonyl (C=O) groups is 2. The SMILES string of the molecule is N#CC1CN(S(=O)(=O)N2CCC[C@H](C(=O)N3CCC[C@@H]3C(=O)NCc3ccc(CF)cc3)C2)C1. The van der Waals surface area contributed by atoms with E-state index in [9.17, 15) is 22.4 Å². The van der Waals surface area contributed by atoms with Crippen LogP contribution in [0.1, 0.15) is 36.8 Å². The van der Waals surface area contributed by atoms with Crippen LogP contribution < -0.4 is 5.32 Å². The van der Waals surface area contributed by atoms with Crippen molar-refractivity contribution in [2.24, 2.45) is 11.8 Å². The molecule has 0 unspecified atom stereocenters. The highest BCUT2D eigenvalue weighted by Crippen LogP contribution is 2.29. The van der Waals surface area contributed by atoms with Gasteiger partial charge in [-0.3, -0.25) is 9.59 Å². The Labute approximate surface area is 199 Å². The van der Waals surface area contributed by atoms with Crippen LogP contribution >= 0.6 is 0 Å². The van der Waals surface area contributed by atoms with E-state index < -0.39 is 28.8 Å². The molecule has 34 heavy (non-hydrogen) atoms. The summed E-state index contributed by atoms with van der Waals surface area (Å²) in [5.41, 5.74) is 1.42. The van der Waals surface area contributed by atoms with Gasteiger partial charge in [0.2, 0.25) is 11.8 Å². The Bertz CT molecular complexity index is 1050. The Morgan fingerprint density at radius 2 is 1.71 bits per heavy atom. The number of piperidine rings is 1. The highest BCUT2D eigenvalue weighted by Gasteiger charge is 2.44. The predicted molar refractivity (Wildman–Crippen MR) is 122 cm³/mol. The first-order valence-electron chi connectivity index (χ1n) is 11.7. The standard InChI is InChI=1S/C23H30FN5O4S/c24-11-17-5-7-18(8-6-17)13-26-22(30)21-4-2-10-29(21)23(31)20-3-1-9-27(16-20)34(32,33)28-14-19(12-25)15-28/h5-8,19-21H,1-4,9-11,13-16H2,(H,26,30)/t20-,21+/m0/s1. The molecule has 1 aromatic rings. The van der Waals surface area contributed by atoms with Gasteiger partial charge in [-0.1, -0.05) is 24.3 Å². The number of nitrogens with one attached hydrogen (secondary N) is 1. The zero-order chi connectivity index (χ0) is 24.3. The number of nitriles is 1. The maximum Gasteiger partial charge on any atom is 0.282 e. The van der Waals surface area contributed by atoms with E-state index in [1.165, 1.54) is 8.61 Å². The monoisotopic (exact) mass is 491 g/mol. The fourth-order valence-corrected chi connectivity index (χ4v) is 6.61. The third-order valence-corrected chi connectivity index (χ3v) is 8.83. The van der Waals surface area contributed by atoms with Crippen molar-refractivity contribution in [1.82, 2.24) is 18.8 Å². The largest absolute Gasteiger partial charge is 0.350 e. The lowest BCUT2D eigenvalue weighted by Crippen LogP contribution is -2.57. The minimum atomic E-state index is -3.69. The summed E-state index contributed by atoms with van der Waals surface area (Å²) in [7, 11) is -3.69. The van der Waals surface area contributed by atoms with Crippen LogP contribution in [0.25, 0.3) is 0 Å². The van der Waals surface area contributed by atoms with Gasteiger partial charge in [0.05, 0.1) is 17.9 Å². The summed E-state index contributed by atoms with van der Waals surface area (Å²) in [4.78, 5) is 27.8. The molecule has 3 aliphatic heterocycles. The minimum absolute atomic E-state index is 0.0979. The van der Waals surface area contributed by atoms with Gasteiger partial charge in [-0.15, -0.1) is 0 Å². The van der Waals surface area contributed by atoms with Gasteiger partial charge in [0.1, 0.15) is 12.7 Å². The molecule has 0 saturated carbocycles. The summed E-state index contributed by atoms with van der Waals surface area (Å²) < 4.78 is 41.1.